The third kappa shape index (κ3) is 3.72. The minimum absolute atomic E-state index is 0.0175. The van der Waals surface area contributed by atoms with E-state index in [4.69, 9.17) is 4.74 Å². The Kier molecular flexibility index (Phi) is 4.31. The molecule has 15 heavy (non-hydrogen) atoms. The largest absolute Gasteiger partial charge is 0.438 e. The number of hydrogen-bond acceptors (Lipinski definition) is 3. The maximum absolute atomic E-state index is 11.3. The van der Waals surface area contributed by atoms with Crippen LogP contribution in [-0.2, 0) is 20.7 Å². The number of rotatable bonds is 4. The monoisotopic (exact) mass is 208 g/mol. The standard InChI is InChI=1S/C12H16O3/c1-9-4-5-11(6-10(9)2)7-12(13)15-8-14-3/h4-6H,7-8H2,1-3H3. The van der Waals surface area contributed by atoms with Crippen molar-refractivity contribution in [3.63, 3.8) is 0 Å². The minimum Gasteiger partial charge on any atom is -0.438 e. The van der Waals surface area contributed by atoms with Crippen LogP contribution in [0, 0.1) is 13.8 Å². The normalized spacial score (nSPS) is 10.1. The second-order valence-electron chi connectivity index (χ2n) is 3.52. The fourth-order valence-corrected chi connectivity index (χ4v) is 1.26. The summed E-state index contributed by atoms with van der Waals surface area (Å²) in [4.78, 5) is 11.3. The van der Waals surface area contributed by atoms with Gasteiger partial charge in [0.2, 0.25) is 0 Å². The molecular weight excluding hydrogens is 192 g/mol. The topological polar surface area (TPSA) is 35.5 Å². The lowest BCUT2D eigenvalue weighted by atomic mass is 10.0. The third-order valence-corrected chi connectivity index (χ3v) is 2.26. The Hall–Kier alpha value is -1.35. The van der Waals surface area contributed by atoms with Crippen molar-refractivity contribution in [2.75, 3.05) is 13.9 Å². The van der Waals surface area contributed by atoms with Gasteiger partial charge in [0.1, 0.15) is 0 Å². The highest BCUT2D eigenvalue weighted by atomic mass is 16.7. The average molecular weight is 208 g/mol. The van der Waals surface area contributed by atoms with Gasteiger partial charge < -0.3 is 9.47 Å². The number of aryl methyl sites for hydroxylation is 2. The number of carbonyl (C=O) groups excluding carboxylic acids is 1. The Bertz CT molecular complexity index is 345. The minimum atomic E-state index is -0.264. The van der Waals surface area contributed by atoms with Gasteiger partial charge in [0.05, 0.1) is 6.42 Å². The van der Waals surface area contributed by atoms with Crippen molar-refractivity contribution in [1.82, 2.24) is 0 Å². The number of hydrogen-bond donors (Lipinski definition) is 0. The summed E-state index contributed by atoms with van der Waals surface area (Å²) in [6.45, 7) is 4.09. The van der Waals surface area contributed by atoms with Crippen LogP contribution in [0.5, 0.6) is 0 Å². The maximum Gasteiger partial charge on any atom is 0.312 e. The van der Waals surface area contributed by atoms with Gasteiger partial charge in [0, 0.05) is 7.11 Å². The first-order valence-corrected chi connectivity index (χ1v) is 4.84. The van der Waals surface area contributed by atoms with Gasteiger partial charge >= 0.3 is 5.97 Å². The van der Waals surface area contributed by atoms with Crippen molar-refractivity contribution in [3.05, 3.63) is 34.9 Å². The molecule has 0 N–H and O–H groups in total. The van der Waals surface area contributed by atoms with Gasteiger partial charge in [-0.2, -0.15) is 0 Å². The average Bonchev–Trinajstić information content (AvgIpc) is 2.20. The van der Waals surface area contributed by atoms with Crippen molar-refractivity contribution in [1.29, 1.82) is 0 Å². The molecule has 0 heterocycles. The van der Waals surface area contributed by atoms with Gasteiger partial charge in [0.25, 0.3) is 0 Å². The molecule has 0 aliphatic rings. The molecule has 0 amide bonds. The van der Waals surface area contributed by atoms with Crippen LogP contribution in [0.15, 0.2) is 18.2 Å². The molecule has 0 aliphatic heterocycles. The zero-order valence-electron chi connectivity index (χ0n) is 9.37. The van der Waals surface area contributed by atoms with Gasteiger partial charge in [-0.3, -0.25) is 4.79 Å². The van der Waals surface area contributed by atoms with E-state index >= 15 is 0 Å². The first-order valence-electron chi connectivity index (χ1n) is 4.84. The molecule has 82 valence electrons. The molecule has 0 bridgehead atoms. The fourth-order valence-electron chi connectivity index (χ4n) is 1.26. The summed E-state index contributed by atoms with van der Waals surface area (Å²) in [6, 6.07) is 5.95. The predicted molar refractivity (Wildman–Crippen MR) is 57.6 cm³/mol. The molecule has 0 atom stereocenters. The lowest BCUT2D eigenvalue weighted by Gasteiger charge is -2.05. The van der Waals surface area contributed by atoms with Crippen LogP contribution >= 0.6 is 0 Å². The smallest absolute Gasteiger partial charge is 0.312 e. The highest BCUT2D eigenvalue weighted by Gasteiger charge is 2.05. The van der Waals surface area contributed by atoms with E-state index in [1.165, 1.54) is 18.2 Å². The predicted octanol–water partition coefficient (Wildman–Crippen LogP) is 1.99. The second kappa shape index (κ2) is 5.51. The SMILES string of the molecule is COCOC(=O)Cc1ccc(C)c(C)c1. The van der Waals surface area contributed by atoms with Crippen LogP contribution in [0.2, 0.25) is 0 Å². The molecule has 1 aromatic rings. The van der Waals surface area contributed by atoms with Crippen LogP contribution in [0.4, 0.5) is 0 Å². The quantitative estimate of drug-likeness (QED) is 0.560. The Morgan fingerprint density at radius 1 is 1.27 bits per heavy atom. The number of carbonyl (C=O) groups is 1. The molecule has 0 radical (unpaired) electrons. The third-order valence-electron chi connectivity index (χ3n) is 2.26. The van der Waals surface area contributed by atoms with E-state index in [0.717, 1.165) is 5.56 Å². The van der Waals surface area contributed by atoms with E-state index < -0.39 is 0 Å². The van der Waals surface area contributed by atoms with Gasteiger partial charge in [-0.1, -0.05) is 18.2 Å². The van der Waals surface area contributed by atoms with Gasteiger partial charge in [-0.25, -0.2) is 0 Å². The molecule has 3 nitrogen and oxygen atoms in total. The molecule has 0 saturated heterocycles. The van der Waals surface area contributed by atoms with E-state index in [-0.39, 0.29) is 12.8 Å². The van der Waals surface area contributed by atoms with Crippen LogP contribution < -0.4 is 0 Å². The Labute approximate surface area is 90.0 Å². The highest BCUT2D eigenvalue weighted by Crippen LogP contribution is 2.10. The highest BCUT2D eigenvalue weighted by molar-refractivity contribution is 5.72. The summed E-state index contributed by atoms with van der Waals surface area (Å²) in [5.74, 6) is -0.264. The van der Waals surface area contributed by atoms with Gasteiger partial charge in [0.15, 0.2) is 6.79 Å². The first-order chi connectivity index (χ1) is 7.13. The van der Waals surface area contributed by atoms with E-state index in [0.29, 0.717) is 6.42 Å². The van der Waals surface area contributed by atoms with E-state index in [9.17, 15) is 4.79 Å². The summed E-state index contributed by atoms with van der Waals surface area (Å²) in [5.41, 5.74) is 3.38. The molecule has 0 spiro atoms. The fraction of sp³-hybridized carbons (Fsp3) is 0.417. The number of methoxy groups -OCH3 is 1. The second-order valence-corrected chi connectivity index (χ2v) is 3.52. The number of benzene rings is 1. The zero-order valence-corrected chi connectivity index (χ0v) is 9.37. The Morgan fingerprint density at radius 2 is 2.00 bits per heavy atom. The molecule has 0 fully saturated rings. The Morgan fingerprint density at radius 3 is 2.60 bits per heavy atom. The molecule has 0 unspecified atom stereocenters. The summed E-state index contributed by atoms with van der Waals surface area (Å²) in [7, 11) is 1.49. The van der Waals surface area contributed by atoms with E-state index in [2.05, 4.69) is 4.74 Å². The van der Waals surface area contributed by atoms with Crippen LogP contribution in [0.1, 0.15) is 16.7 Å². The van der Waals surface area contributed by atoms with Crippen molar-refractivity contribution in [2.24, 2.45) is 0 Å². The van der Waals surface area contributed by atoms with Crippen LogP contribution in [0.3, 0.4) is 0 Å². The van der Waals surface area contributed by atoms with Crippen molar-refractivity contribution in [2.45, 2.75) is 20.3 Å². The molecule has 0 aromatic heterocycles. The summed E-state index contributed by atoms with van der Waals surface area (Å²) < 4.78 is 9.45. The summed E-state index contributed by atoms with van der Waals surface area (Å²) in [6.07, 6.45) is 0.296. The van der Waals surface area contributed by atoms with Crippen LogP contribution in [0.25, 0.3) is 0 Å². The van der Waals surface area contributed by atoms with Gasteiger partial charge in [-0.15, -0.1) is 0 Å². The van der Waals surface area contributed by atoms with E-state index in [1.807, 2.05) is 32.0 Å². The number of ether oxygens (including phenoxy) is 2. The van der Waals surface area contributed by atoms with E-state index in [1.54, 1.807) is 0 Å². The zero-order chi connectivity index (χ0) is 11.3. The molecule has 0 saturated carbocycles. The van der Waals surface area contributed by atoms with Crippen molar-refractivity contribution >= 4 is 5.97 Å². The molecular formula is C12H16O3. The first kappa shape index (κ1) is 11.7. The summed E-state index contributed by atoms with van der Waals surface area (Å²) in [5, 5.41) is 0. The number of esters is 1. The van der Waals surface area contributed by atoms with Crippen LogP contribution in [-0.4, -0.2) is 19.9 Å². The molecule has 1 rings (SSSR count). The molecule has 1 aromatic carbocycles. The molecule has 3 heteroatoms. The van der Waals surface area contributed by atoms with Gasteiger partial charge in [-0.05, 0) is 30.5 Å². The summed E-state index contributed by atoms with van der Waals surface area (Å²) >= 11 is 0. The maximum atomic E-state index is 11.3. The van der Waals surface area contributed by atoms with Crippen molar-refractivity contribution < 1.29 is 14.3 Å². The lowest BCUT2D eigenvalue weighted by molar-refractivity contribution is -0.153. The lowest BCUT2D eigenvalue weighted by Crippen LogP contribution is -2.10. The molecule has 0 aliphatic carbocycles. The Balaban J connectivity index is 2.57. The van der Waals surface area contributed by atoms with Crippen molar-refractivity contribution in [3.8, 4) is 0 Å².